The SMILES string of the molecule is COc1cccc(OCC(=O)NCc2cn3c(C)cccc3n2)c1. The molecule has 0 aliphatic rings. The smallest absolute Gasteiger partial charge is 0.258 e. The van der Waals surface area contributed by atoms with Crippen LogP contribution in [0.25, 0.3) is 5.65 Å². The molecular formula is C18H19N3O3. The fourth-order valence-corrected chi connectivity index (χ4v) is 2.36. The fourth-order valence-electron chi connectivity index (χ4n) is 2.36. The average molecular weight is 325 g/mol. The average Bonchev–Trinajstić information content (AvgIpc) is 3.03. The quantitative estimate of drug-likeness (QED) is 0.755. The minimum Gasteiger partial charge on any atom is -0.497 e. The number of amides is 1. The zero-order valence-electron chi connectivity index (χ0n) is 13.7. The molecule has 1 amide bonds. The van der Waals surface area contributed by atoms with Gasteiger partial charge in [0.2, 0.25) is 0 Å². The van der Waals surface area contributed by atoms with Crippen molar-refractivity contribution >= 4 is 11.6 Å². The maximum atomic E-state index is 11.9. The Morgan fingerprint density at radius 3 is 2.79 bits per heavy atom. The summed E-state index contributed by atoms with van der Waals surface area (Å²) < 4.78 is 12.6. The molecule has 2 aromatic heterocycles. The van der Waals surface area contributed by atoms with Crippen LogP contribution < -0.4 is 14.8 Å². The van der Waals surface area contributed by atoms with E-state index in [1.807, 2.05) is 47.9 Å². The second kappa shape index (κ2) is 7.04. The van der Waals surface area contributed by atoms with E-state index in [4.69, 9.17) is 9.47 Å². The number of nitrogens with one attached hydrogen (secondary N) is 1. The summed E-state index contributed by atoms with van der Waals surface area (Å²) in [5.41, 5.74) is 2.77. The Kier molecular flexibility index (Phi) is 4.65. The van der Waals surface area contributed by atoms with E-state index in [0.29, 0.717) is 18.0 Å². The van der Waals surface area contributed by atoms with E-state index in [9.17, 15) is 4.79 Å². The van der Waals surface area contributed by atoms with Gasteiger partial charge in [0.15, 0.2) is 6.61 Å². The van der Waals surface area contributed by atoms with Crippen molar-refractivity contribution in [2.75, 3.05) is 13.7 Å². The topological polar surface area (TPSA) is 64.9 Å². The number of aromatic nitrogens is 2. The van der Waals surface area contributed by atoms with Crippen LogP contribution in [-0.2, 0) is 11.3 Å². The summed E-state index contributed by atoms with van der Waals surface area (Å²) in [4.78, 5) is 16.4. The molecule has 0 atom stereocenters. The normalized spacial score (nSPS) is 10.6. The number of carbonyl (C=O) groups is 1. The Hall–Kier alpha value is -3.02. The molecule has 0 spiro atoms. The number of benzene rings is 1. The van der Waals surface area contributed by atoms with Crippen molar-refractivity contribution in [3.05, 3.63) is 60.0 Å². The first-order valence-electron chi connectivity index (χ1n) is 7.63. The molecule has 24 heavy (non-hydrogen) atoms. The van der Waals surface area contributed by atoms with Crippen LogP contribution in [0, 0.1) is 6.92 Å². The molecule has 0 saturated heterocycles. The molecule has 0 aliphatic carbocycles. The van der Waals surface area contributed by atoms with Gasteiger partial charge in [-0.1, -0.05) is 12.1 Å². The third-order valence-corrected chi connectivity index (χ3v) is 3.62. The van der Waals surface area contributed by atoms with Gasteiger partial charge in [-0.2, -0.15) is 0 Å². The number of ether oxygens (including phenoxy) is 2. The van der Waals surface area contributed by atoms with Crippen molar-refractivity contribution in [3.8, 4) is 11.5 Å². The van der Waals surface area contributed by atoms with Crippen molar-refractivity contribution in [1.29, 1.82) is 0 Å². The van der Waals surface area contributed by atoms with E-state index in [2.05, 4.69) is 10.3 Å². The first kappa shape index (κ1) is 15.9. The highest BCUT2D eigenvalue weighted by molar-refractivity contribution is 5.77. The number of carbonyl (C=O) groups excluding carboxylic acids is 1. The molecular weight excluding hydrogens is 306 g/mol. The molecule has 0 radical (unpaired) electrons. The highest BCUT2D eigenvalue weighted by Gasteiger charge is 2.07. The number of pyridine rings is 1. The highest BCUT2D eigenvalue weighted by atomic mass is 16.5. The van der Waals surface area contributed by atoms with Gasteiger partial charge >= 0.3 is 0 Å². The first-order valence-corrected chi connectivity index (χ1v) is 7.63. The van der Waals surface area contributed by atoms with Crippen molar-refractivity contribution in [3.63, 3.8) is 0 Å². The molecule has 0 unspecified atom stereocenters. The Bertz CT molecular complexity index is 858. The Morgan fingerprint density at radius 1 is 1.21 bits per heavy atom. The van der Waals surface area contributed by atoms with Crippen molar-refractivity contribution in [2.24, 2.45) is 0 Å². The largest absolute Gasteiger partial charge is 0.497 e. The molecule has 1 aromatic carbocycles. The van der Waals surface area contributed by atoms with Crippen LogP contribution in [-0.4, -0.2) is 29.0 Å². The van der Waals surface area contributed by atoms with E-state index in [-0.39, 0.29) is 12.5 Å². The summed E-state index contributed by atoms with van der Waals surface area (Å²) in [5, 5.41) is 2.81. The van der Waals surface area contributed by atoms with Gasteiger partial charge in [0.25, 0.3) is 5.91 Å². The summed E-state index contributed by atoms with van der Waals surface area (Å²) in [5.74, 6) is 1.08. The second-order valence-corrected chi connectivity index (χ2v) is 5.37. The molecule has 0 bridgehead atoms. The number of fused-ring (bicyclic) bond motifs is 1. The maximum Gasteiger partial charge on any atom is 0.258 e. The molecule has 0 aliphatic heterocycles. The van der Waals surface area contributed by atoms with Gasteiger partial charge in [0.1, 0.15) is 17.1 Å². The van der Waals surface area contributed by atoms with Crippen molar-refractivity contribution < 1.29 is 14.3 Å². The van der Waals surface area contributed by atoms with Crippen molar-refractivity contribution in [1.82, 2.24) is 14.7 Å². The van der Waals surface area contributed by atoms with Gasteiger partial charge in [-0.25, -0.2) is 4.98 Å². The minimum absolute atomic E-state index is 0.0560. The fraction of sp³-hybridized carbons (Fsp3) is 0.222. The third kappa shape index (κ3) is 3.65. The summed E-state index contributed by atoms with van der Waals surface area (Å²) in [7, 11) is 1.59. The van der Waals surface area contributed by atoms with Crippen LogP contribution in [0.4, 0.5) is 0 Å². The predicted octanol–water partition coefficient (Wildman–Crippen LogP) is 2.35. The Balaban J connectivity index is 1.54. The molecule has 2 heterocycles. The molecule has 124 valence electrons. The molecule has 1 N–H and O–H groups in total. The number of hydrogen-bond donors (Lipinski definition) is 1. The number of imidazole rings is 1. The van der Waals surface area contributed by atoms with Crippen LogP contribution in [0.3, 0.4) is 0 Å². The molecule has 0 saturated carbocycles. The molecule has 3 rings (SSSR count). The van der Waals surface area contributed by atoms with E-state index in [1.54, 1.807) is 19.2 Å². The van der Waals surface area contributed by atoms with Crippen LogP contribution >= 0.6 is 0 Å². The molecule has 6 nitrogen and oxygen atoms in total. The van der Waals surface area contributed by atoms with Gasteiger partial charge in [0, 0.05) is 18.0 Å². The van der Waals surface area contributed by atoms with E-state index >= 15 is 0 Å². The van der Waals surface area contributed by atoms with E-state index in [0.717, 1.165) is 17.0 Å². The lowest BCUT2D eigenvalue weighted by molar-refractivity contribution is -0.123. The Morgan fingerprint density at radius 2 is 2.00 bits per heavy atom. The maximum absolute atomic E-state index is 11.9. The van der Waals surface area contributed by atoms with Crippen LogP contribution in [0.15, 0.2) is 48.7 Å². The summed E-state index contributed by atoms with van der Waals surface area (Å²) >= 11 is 0. The number of hydrogen-bond acceptors (Lipinski definition) is 4. The number of nitrogens with zero attached hydrogens (tertiary/aromatic N) is 2. The molecule has 3 aromatic rings. The number of methoxy groups -OCH3 is 1. The highest BCUT2D eigenvalue weighted by Crippen LogP contribution is 2.18. The van der Waals surface area contributed by atoms with Gasteiger partial charge in [-0.05, 0) is 31.2 Å². The summed E-state index contributed by atoms with van der Waals surface area (Å²) in [6.07, 6.45) is 1.92. The monoisotopic (exact) mass is 325 g/mol. The minimum atomic E-state index is -0.202. The van der Waals surface area contributed by atoms with Crippen LogP contribution in [0.1, 0.15) is 11.4 Å². The number of aryl methyl sites for hydroxylation is 1. The predicted molar refractivity (Wildman–Crippen MR) is 90.3 cm³/mol. The lowest BCUT2D eigenvalue weighted by Crippen LogP contribution is -2.28. The van der Waals surface area contributed by atoms with Gasteiger partial charge in [-0.15, -0.1) is 0 Å². The molecule has 6 heteroatoms. The third-order valence-electron chi connectivity index (χ3n) is 3.62. The van der Waals surface area contributed by atoms with Gasteiger partial charge in [0.05, 0.1) is 19.3 Å². The van der Waals surface area contributed by atoms with E-state index in [1.165, 1.54) is 0 Å². The number of rotatable bonds is 6. The van der Waals surface area contributed by atoms with Crippen LogP contribution in [0.2, 0.25) is 0 Å². The molecule has 0 fully saturated rings. The first-order chi connectivity index (χ1) is 11.7. The zero-order valence-corrected chi connectivity index (χ0v) is 13.7. The van der Waals surface area contributed by atoms with Crippen LogP contribution in [0.5, 0.6) is 11.5 Å². The standard InChI is InChI=1S/C18H19N3O3/c1-13-5-3-8-17-20-14(11-21(13)17)10-19-18(22)12-24-16-7-4-6-15(9-16)23-2/h3-9,11H,10,12H2,1-2H3,(H,19,22). The van der Waals surface area contributed by atoms with Crippen molar-refractivity contribution in [2.45, 2.75) is 13.5 Å². The second-order valence-electron chi connectivity index (χ2n) is 5.37. The summed E-state index contributed by atoms with van der Waals surface area (Å²) in [6.45, 7) is 2.32. The Labute approximate surface area is 140 Å². The van der Waals surface area contributed by atoms with E-state index < -0.39 is 0 Å². The lowest BCUT2D eigenvalue weighted by Gasteiger charge is -2.07. The summed E-state index contributed by atoms with van der Waals surface area (Å²) in [6, 6.07) is 13.0. The zero-order chi connectivity index (χ0) is 16.9. The van der Waals surface area contributed by atoms with Gasteiger partial charge < -0.3 is 19.2 Å². The van der Waals surface area contributed by atoms with Gasteiger partial charge in [-0.3, -0.25) is 4.79 Å². The lowest BCUT2D eigenvalue weighted by atomic mass is 10.3.